The van der Waals surface area contributed by atoms with Gasteiger partial charge in [-0.05, 0) is 71.8 Å². The largest absolute Gasteiger partial charge is 0.493 e. The molecule has 48 heavy (non-hydrogen) atoms. The standard InChI is InChI=1S/C37H31ClN4O5S/c1-46-31-18-16-24(21-32(31)47-2)20-30(41-35(43)26-12-7-4-8-13-26)36(44)40-28-14-9-15-29(22-28)48-34(25-10-5-3-6-11-25)37(45)42-33-19-17-27(38)23-39-33/h3-23,34H,1-2H3,(H,40,44)(H,41,43)(H,39,42,45)/b30-20+. The number of hydrogen-bond acceptors (Lipinski definition) is 7. The van der Waals surface area contributed by atoms with Gasteiger partial charge in [0.05, 0.1) is 19.2 Å². The first-order chi connectivity index (χ1) is 23.3. The Hall–Kier alpha value is -5.58. The Morgan fingerprint density at radius 2 is 1.52 bits per heavy atom. The van der Waals surface area contributed by atoms with E-state index < -0.39 is 17.1 Å². The van der Waals surface area contributed by atoms with E-state index in [9.17, 15) is 14.4 Å². The van der Waals surface area contributed by atoms with Gasteiger partial charge in [-0.3, -0.25) is 14.4 Å². The number of ether oxygens (including phenoxy) is 2. The highest BCUT2D eigenvalue weighted by molar-refractivity contribution is 8.00. The molecule has 9 nitrogen and oxygen atoms in total. The first kappa shape index (κ1) is 33.8. The second-order valence-electron chi connectivity index (χ2n) is 10.2. The quantitative estimate of drug-likeness (QED) is 0.0917. The van der Waals surface area contributed by atoms with E-state index in [1.807, 2.05) is 36.4 Å². The zero-order valence-electron chi connectivity index (χ0n) is 26.0. The topological polar surface area (TPSA) is 119 Å². The summed E-state index contributed by atoms with van der Waals surface area (Å²) in [6.07, 6.45) is 3.02. The Morgan fingerprint density at radius 3 is 2.21 bits per heavy atom. The van der Waals surface area contributed by atoms with E-state index in [1.54, 1.807) is 84.9 Å². The molecule has 0 bridgehead atoms. The third-order valence-electron chi connectivity index (χ3n) is 6.91. The minimum atomic E-state index is -0.639. The molecule has 0 aliphatic heterocycles. The van der Waals surface area contributed by atoms with Crippen LogP contribution in [0.15, 0.2) is 132 Å². The lowest BCUT2D eigenvalue weighted by molar-refractivity contribution is -0.116. The number of halogens is 1. The second kappa shape index (κ2) is 16.3. The minimum Gasteiger partial charge on any atom is -0.493 e. The number of carbonyl (C=O) groups is 3. The molecule has 0 fully saturated rings. The lowest BCUT2D eigenvalue weighted by Crippen LogP contribution is -2.30. The van der Waals surface area contributed by atoms with E-state index in [1.165, 1.54) is 32.2 Å². The zero-order valence-corrected chi connectivity index (χ0v) is 27.5. The Morgan fingerprint density at radius 1 is 0.792 bits per heavy atom. The third-order valence-corrected chi connectivity index (χ3v) is 8.38. The van der Waals surface area contributed by atoms with Crippen LogP contribution in [-0.4, -0.2) is 36.9 Å². The number of nitrogens with zero attached hydrogens (tertiary/aromatic N) is 1. The molecule has 3 amide bonds. The molecule has 11 heteroatoms. The van der Waals surface area contributed by atoms with E-state index in [4.69, 9.17) is 21.1 Å². The monoisotopic (exact) mass is 678 g/mol. The number of methoxy groups -OCH3 is 2. The van der Waals surface area contributed by atoms with Crippen molar-refractivity contribution in [2.24, 2.45) is 0 Å². The summed E-state index contributed by atoms with van der Waals surface area (Å²) in [5.74, 6) is 0.0812. The van der Waals surface area contributed by atoms with Gasteiger partial charge in [-0.1, -0.05) is 72.3 Å². The zero-order chi connectivity index (χ0) is 33.9. The molecule has 3 N–H and O–H groups in total. The van der Waals surface area contributed by atoms with Crippen LogP contribution in [0.1, 0.15) is 26.7 Å². The van der Waals surface area contributed by atoms with E-state index in [0.717, 1.165) is 10.5 Å². The van der Waals surface area contributed by atoms with Crippen molar-refractivity contribution in [3.8, 4) is 11.5 Å². The smallest absolute Gasteiger partial charge is 0.272 e. The van der Waals surface area contributed by atoms with Gasteiger partial charge >= 0.3 is 0 Å². The fraction of sp³-hybridized carbons (Fsp3) is 0.0811. The van der Waals surface area contributed by atoms with Crippen LogP contribution in [0.2, 0.25) is 5.02 Å². The number of nitrogens with one attached hydrogen (secondary N) is 3. The summed E-state index contributed by atoms with van der Waals surface area (Å²) in [6.45, 7) is 0. The van der Waals surface area contributed by atoms with Crippen LogP contribution in [0.5, 0.6) is 11.5 Å². The molecule has 0 aliphatic rings. The van der Waals surface area contributed by atoms with Gasteiger partial charge in [-0.2, -0.15) is 0 Å². The highest BCUT2D eigenvalue weighted by Gasteiger charge is 2.23. The van der Waals surface area contributed by atoms with Crippen molar-refractivity contribution >= 4 is 58.7 Å². The Balaban J connectivity index is 1.39. The molecule has 5 rings (SSSR count). The summed E-state index contributed by atoms with van der Waals surface area (Å²) in [5, 5.41) is 8.31. The van der Waals surface area contributed by atoms with E-state index in [2.05, 4.69) is 20.9 Å². The van der Waals surface area contributed by atoms with Crippen LogP contribution in [0, 0.1) is 0 Å². The van der Waals surface area contributed by atoms with E-state index in [-0.39, 0.29) is 11.6 Å². The van der Waals surface area contributed by atoms with Gasteiger partial charge < -0.3 is 25.4 Å². The fourth-order valence-corrected chi connectivity index (χ4v) is 5.77. The summed E-state index contributed by atoms with van der Waals surface area (Å²) in [5.41, 5.74) is 2.24. The van der Waals surface area contributed by atoms with Gasteiger partial charge in [0, 0.05) is 22.3 Å². The summed E-state index contributed by atoms with van der Waals surface area (Å²) in [7, 11) is 3.05. The van der Waals surface area contributed by atoms with Crippen LogP contribution >= 0.6 is 23.4 Å². The first-order valence-corrected chi connectivity index (χ1v) is 15.9. The molecule has 0 saturated heterocycles. The number of aromatic nitrogens is 1. The highest BCUT2D eigenvalue weighted by Crippen LogP contribution is 2.37. The molecule has 5 aromatic rings. The van der Waals surface area contributed by atoms with Crippen LogP contribution in [0.3, 0.4) is 0 Å². The average molecular weight is 679 g/mol. The Kier molecular flexibility index (Phi) is 11.5. The van der Waals surface area contributed by atoms with Crippen molar-refractivity contribution in [1.82, 2.24) is 10.3 Å². The molecular weight excluding hydrogens is 648 g/mol. The van der Waals surface area contributed by atoms with E-state index >= 15 is 0 Å². The van der Waals surface area contributed by atoms with Crippen LogP contribution in [0.25, 0.3) is 6.08 Å². The number of carbonyl (C=O) groups excluding carboxylic acids is 3. The van der Waals surface area contributed by atoms with E-state index in [0.29, 0.717) is 39.2 Å². The minimum absolute atomic E-state index is 0.00568. The van der Waals surface area contributed by atoms with Gasteiger partial charge in [-0.15, -0.1) is 11.8 Å². The molecule has 4 aromatic carbocycles. The van der Waals surface area contributed by atoms with Crippen LogP contribution < -0.4 is 25.4 Å². The number of amides is 3. The van der Waals surface area contributed by atoms with Crippen molar-refractivity contribution in [1.29, 1.82) is 0 Å². The lowest BCUT2D eigenvalue weighted by Gasteiger charge is -2.17. The molecule has 0 saturated carbocycles. The second-order valence-corrected chi connectivity index (χ2v) is 11.8. The predicted octanol–water partition coefficient (Wildman–Crippen LogP) is 7.63. The third kappa shape index (κ3) is 9.03. The van der Waals surface area contributed by atoms with Gasteiger partial charge in [0.2, 0.25) is 5.91 Å². The van der Waals surface area contributed by atoms with Gasteiger partial charge in [0.25, 0.3) is 11.8 Å². The summed E-state index contributed by atoms with van der Waals surface area (Å²) < 4.78 is 10.7. The number of anilines is 2. The molecule has 1 unspecified atom stereocenters. The number of pyridine rings is 1. The molecule has 0 spiro atoms. The molecule has 1 heterocycles. The maximum Gasteiger partial charge on any atom is 0.272 e. The average Bonchev–Trinajstić information content (AvgIpc) is 3.12. The Bertz CT molecular complexity index is 1920. The molecular formula is C37H31ClN4O5S. The molecule has 1 atom stereocenters. The number of thioether (sulfide) groups is 1. The highest BCUT2D eigenvalue weighted by atomic mass is 35.5. The van der Waals surface area contributed by atoms with Crippen molar-refractivity contribution < 1.29 is 23.9 Å². The maximum atomic E-state index is 13.7. The lowest BCUT2D eigenvalue weighted by atomic mass is 10.1. The van der Waals surface area contributed by atoms with Crippen molar-refractivity contribution in [2.45, 2.75) is 10.1 Å². The molecule has 0 aliphatic carbocycles. The van der Waals surface area contributed by atoms with Crippen LogP contribution in [-0.2, 0) is 9.59 Å². The molecule has 1 aromatic heterocycles. The van der Waals surface area contributed by atoms with Crippen molar-refractivity contribution in [3.05, 3.63) is 149 Å². The normalized spacial score (nSPS) is 11.6. The van der Waals surface area contributed by atoms with Gasteiger partial charge in [-0.25, -0.2) is 4.98 Å². The summed E-state index contributed by atoms with van der Waals surface area (Å²) in [6, 6.07) is 33.5. The summed E-state index contributed by atoms with van der Waals surface area (Å²) in [4.78, 5) is 45.2. The van der Waals surface area contributed by atoms with Crippen molar-refractivity contribution in [3.63, 3.8) is 0 Å². The Labute approximate surface area is 287 Å². The molecule has 242 valence electrons. The molecule has 0 radical (unpaired) electrons. The van der Waals surface area contributed by atoms with Crippen molar-refractivity contribution in [2.75, 3.05) is 24.9 Å². The fourth-order valence-electron chi connectivity index (χ4n) is 4.58. The number of hydrogen-bond donors (Lipinski definition) is 3. The van der Waals surface area contributed by atoms with Crippen LogP contribution in [0.4, 0.5) is 11.5 Å². The number of benzene rings is 4. The number of rotatable bonds is 12. The maximum absolute atomic E-state index is 13.7. The first-order valence-electron chi connectivity index (χ1n) is 14.7. The van der Waals surface area contributed by atoms with Gasteiger partial charge in [0.15, 0.2) is 11.5 Å². The predicted molar refractivity (Wildman–Crippen MR) is 189 cm³/mol. The van der Waals surface area contributed by atoms with Gasteiger partial charge in [0.1, 0.15) is 16.8 Å². The SMILES string of the molecule is COc1ccc(/C=C(/NC(=O)c2ccccc2)C(=O)Nc2cccc(SC(C(=O)Nc3ccc(Cl)cn3)c3ccccc3)c2)cc1OC. The summed E-state index contributed by atoms with van der Waals surface area (Å²) >= 11 is 7.27.